The van der Waals surface area contributed by atoms with Crippen molar-refractivity contribution >= 4 is 17.1 Å². The van der Waals surface area contributed by atoms with Gasteiger partial charge in [-0.1, -0.05) is 121 Å². The zero-order chi connectivity index (χ0) is 33.3. The van der Waals surface area contributed by atoms with Crippen LogP contribution in [0.15, 0.2) is 152 Å². The highest BCUT2D eigenvalue weighted by Gasteiger charge is 2.38. The van der Waals surface area contributed by atoms with Crippen LogP contribution in [0.1, 0.15) is 76.1 Å². The Morgan fingerprint density at radius 1 is 0.458 bits per heavy atom. The number of hydrogen-bond donors (Lipinski definition) is 3. The average molecular weight is 630 g/mol. The molecule has 242 valence electrons. The Balaban J connectivity index is 0.000000441. The molecular formula is C45H47N3. The zero-order valence-corrected chi connectivity index (χ0v) is 28.0. The largest absolute Gasteiger partial charge is 0.399 e. The van der Waals surface area contributed by atoms with Crippen LogP contribution in [0, 0.1) is 6.92 Å². The highest BCUT2D eigenvalue weighted by atomic mass is 14.5. The van der Waals surface area contributed by atoms with Crippen LogP contribution < -0.4 is 17.2 Å². The third-order valence-corrected chi connectivity index (χ3v) is 9.98. The smallest absolute Gasteiger partial charge is 0.0314 e. The van der Waals surface area contributed by atoms with Crippen molar-refractivity contribution in [2.24, 2.45) is 0 Å². The van der Waals surface area contributed by atoms with E-state index in [1.54, 1.807) is 0 Å². The molecule has 3 heteroatoms. The first-order chi connectivity index (χ1) is 23.4. The summed E-state index contributed by atoms with van der Waals surface area (Å²) in [6, 6.07) is 54.2. The van der Waals surface area contributed by atoms with Crippen LogP contribution in [-0.2, 0) is 18.3 Å². The van der Waals surface area contributed by atoms with Gasteiger partial charge >= 0.3 is 0 Å². The Morgan fingerprint density at radius 2 is 0.812 bits per heavy atom. The standard InChI is InChI=1S/C38H38N2.C7H9N/c39-36-18-10-30(11-19-36)26-28-6-14-34(15-7-28)38(24-22-33(23-25-38)32-4-2-1-3-5-32)35-16-8-29(9-17-35)27-31-12-20-37(40)21-13-31;1-6-2-4-7(8)5-3-6/h1-21,33H,22-27,39-40H2;2-5H,8H2,1H3. The Hall–Kier alpha value is -5.28. The molecule has 1 saturated carbocycles. The number of aryl methyl sites for hydroxylation is 1. The molecule has 1 aliphatic rings. The molecule has 0 spiro atoms. The van der Waals surface area contributed by atoms with Crippen LogP contribution in [-0.4, -0.2) is 0 Å². The lowest BCUT2D eigenvalue weighted by Crippen LogP contribution is -2.32. The van der Waals surface area contributed by atoms with Gasteiger partial charge in [0.25, 0.3) is 0 Å². The van der Waals surface area contributed by atoms with Crippen molar-refractivity contribution in [3.8, 4) is 0 Å². The first-order valence-corrected chi connectivity index (χ1v) is 17.1. The summed E-state index contributed by atoms with van der Waals surface area (Å²) < 4.78 is 0. The van der Waals surface area contributed by atoms with Crippen LogP contribution in [0.5, 0.6) is 0 Å². The second-order valence-corrected chi connectivity index (χ2v) is 13.4. The fraction of sp³-hybridized carbons (Fsp3) is 0.200. The lowest BCUT2D eigenvalue weighted by atomic mass is 9.62. The molecule has 0 saturated heterocycles. The summed E-state index contributed by atoms with van der Waals surface area (Å²) in [5.41, 5.74) is 30.5. The highest BCUT2D eigenvalue weighted by Crippen LogP contribution is 2.49. The van der Waals surface area contributed by atoms with Crippen LogP contribution in [0.2, 0.25) is 0 Å². The molecular weight excluding hydrogens is 583 g/mol. The maximum atomic E-state index is 5.89. The van der Waals surface area contributed by atoms with Crippen molar-refractivity contribution in [3.05, 3.63) is 196 Å². The van der Waals surface area contributed by atoms with E-state index in [1.165, 1.54) is 57.3 Å². The molecule has 0 aromatic heterocycles. The van der Waals surface area contributed by atoms with Crippen molar-refractivity contribution in [2.75, 3.05) is 17.2 Å². The van der Waals surface area contributed by atoms with Crippen LogP contribution in [0.3, 0.4) is 0 Å². The quantitative estimate of drug-likeness (QED) is 0.154. The lowest BCUT2D eigenvalue weighted by molar-refractivity contribution is 0.315. The van der Waals surface area contributed by atoms with Gasteiger partial charge in [-0.2, -0.15) is 0 Å². The van der Waals surface area contributed by atoms with Crippen LogP contribution in [0.4, 0.5) is 17.1 Å². The number of rotatable bonds is 7. The molecule has 7 rings (SSSR count). The maximum Gasteiger partial charge on any atom is 0.0314 e. The molecule has 0 bridgehead atoms. The van der Waals surface area contributed by atoms with Crippen LogP contribution >= 0.6 is 0 Å². The fourth-order valence-electron chi connectivity index (χ4n) is 7.11. The van der Waals surface area contributed by atoms with Gasteiger partial charge in [0.2, 0.25) is 0 Å². The number of nitrogens with two attached hydrogens (primary N) is 3. The normalized spacial score (nSPS) is 14.1. The van der Waals surface area contributed by atoms with Crippen molar-refractivity contribution in [2.45, 2.75) is 56.8 Å². The third kappa shape index (κ3) is 8.16. The highest BCUT2D eigenvalue weighted by molar-refractivity contribution is 5.46. The summed E-state index contributed by atoms with van der Waals surface area (Å²) in [7, 11) is 0. The average Bonchev–Trinajstić information content (AvgIpc) is 3.13. The summed E-state index contributed by atoms with van der Waals surface area (Å²) >= 11 is 0. The van der Waals surface area contributed by atoms with Gasteiger partial charge in [0.05, 0.1) is 0 Å². The summed E-state index contributed by atoms with van der Waals surface area (Å²) in [5, 5.41) is 0. The monoisotopic (exact) mass is 629 g/mol. The van der Waals surface area contributed by atoms with E-state index < -0.39 is 0 Å². The first kappa shape index (κ1) is 32.7. The van der Waals surface area contributed by atoms with E-state index >= 15 is 0 Å². The van der Waals surface area contributed by atoms with Crippen molar-refractivity contribution in [3.63, 3.8) is 0 Å². The minimum Gasteiger partial charge on any atom is -0.399 e. The Morgan fingerprint density at radius 3 is 1.19 bits per heavy atom. The van der Waals surface area contributed by atoms with Crippen molar-refractivity contribution < 1.29 is 0 Å². The van der Waals surface area contributed by atoms with Gasteiger partial charge in [0, 0.05) is 22.5 Å². The summed E-state index contributed by atoms with van der Waals surface area (Å²) in [6.45, 7) is 2.04. The number of hydrogen-bond acceptors (Lipinski definition) is 3. The predicted molar refractivity (Wildman–Crippen MR) is 204 cm³/mol. The van der Waals surface area contributed by atoms with E-state index in [4.69, 9.17) is 17.2 Å². The molecule has 0 unspecified atom stereocenters. The van der Waals surface area contributed by atoms with Gasteiger partial charge < -0.3 is 17.2 Å². The summed E-state index contributed by atoms with van der Waals surface area (Å²) in [6.07, 6.45) is 6.55. The van der Waals surface area contributed by atoms with E-state index in [9.17, 15) is 0 Å². The minimum atomic E-state index is 0.0325. The molecule has 0 heterocycles. The molecule has 6 N–H and O–H groups in total. The second kappa shape index (κ2) is 15.1. The predicted octanol–water partition coefficient (Wildman–Crippen LogP) is 10.3. The number of nitrogen functional groups attached to an aromatic ring is 3. The van der Waals surface area contributed by atoms with Gasteiger partial charge in [0.15, 0.2) is 0 Å². The Labute approximate surface area is 286 Å². The summed E-state index contributed by atoms with van der Waals surface area (Å²) in [5.74, 6) is 0.629. The van der Waals surface area contributed by atoms with Gasteiger partial charge in [-0.15, -0.1) is 0 Å². The maximum absolute atomic E-state index is 5.89. The molecule has 6 aromatic carbocycles. The zero-order valence-electron chi connectivity index (χ0n) is 28.0. The van der Waals surface area contributed by atoms with Crippen molar-refractivity contribution in [1.29, 1.82) is 0 Å². The number of anilines is 3. The molecule has 1 aliphatic carbocycles. The topological polar surface area (TPSA) is 78.1 Å². The molecule has 0 amide bonds. The van der Waals surface area contributed by atoms with E-state index in [0.29, 0.717) is 5.92 Å². The van der Waals surface area contributed by atoms with Gasteiger partial charge in [-0.3, -0.25) is 0 Å². The number of benzene rings is 6. The van der Waals surface area contributed by atoms with Crippen LogP contribution in [0.25, 0.3) is 0 Å². The summed E-state index contributed by atoms with van der Waals surface area (Å²) in [4.78, 5) is 0. The lowest BCUT2D eigenvalue weighted by Gasteiger charge is -2.42. The Kier molecular flexibility index (Phi) is 10.3. The fourth-order valence-corrected chi connectivity index (χ4v) is 7.11. The second-order valence-electron chi connectivity index (χ2n) is 13.4. The molecule has 48 heavy (non-hydrogen) atoms. The van der Waals surface area contributed by atoms with E-state index in [1.807, 2.05) is 55.5 Å². The van der Waals surface area contributed by atoms with Gasteiger partial charge in [0.1, 0.15) is 0 Å². The van der Waals surface area contributed by atoms with E-state index in [0.717, 1.165) is 42.7 Å². The third-order valence-electron chi connectivity index (χ3n) is 9.98. The van der Waals surface area contributed by atoms with Crippen molar-refractivity contribution in [1.82, 2.24) is 0 Å². The molecule has 0 radical (unpaired) electrons. The SMILES string of the molecule is Cc1ccc(N)cc1.Nc1ccc(Cc2ccc(C3(c4ccc(Cc5ccc(N)cc5)cc4)CCC(c4ccccc4)CC3)cc2)cc1. The molecule has 0 atom stereocenters. The van der Waals surface area contributed by atoms with E-state index in [-0.39, 0.29) is 5.41 Å². The molecule has 6 aromatic rings. The first-order valence-electron chi connectivity index (χ1n) is 17.1. The molecule has 3 nitrogen and oxygen atoms in total. The Bertz CT molecular complexity index is 1740. The van der Waals surface area contributed by atoms with E-state index in [2.05, 4.69) is 103 Å². The minimum absolute atomic E-state index is 0.0325. The molecule has 0 aliphatic heterocycles. The van der Waals surface area contributed by atoms with Gasteiger partial charge in [-0.05, 0) is 127 Å². The molecule has 1 fully saturated rings. The van der Waals surface area contributed by atoms with Gasteiger partial charge in [-0.25, -0.2) is 0 Å².